The van der Waals surface area contributed by atoms with Gasteiger partial charge in [0.05, 0.1) is 6.04 Å². The lowest BCUT2D eigenvalue weighted by atomic mass is 9.95. The molecule has 19 heavy (non-hydrogen) atoms. The molecular weight excluding hydrogens is 318 g/mol. The summed E-state index contributed by atoms with van der Waals surface area (Å²) in [4.78, 5) is 0. The van der Waals surface area contributed by atoms with E-state index < -0.39 is 0 Å². The molecule has 1 aromatic heterocycles. The SMILES string of the molecule is CCCNC(c1ccsc1)c1cc(C)c(Br)cc1C. The number of thiophene rings is 1. The van der Waals surface area contributed by atoms with Crippen LogP contribution in [0, 0.1) is 13.8 Å². The lowest BCUT2D eigenvalue weighted by molar-refractivity contribution is 0.597. The first-order valence-corrected chi connectivity index (χ1v) is 8.39. The average molecular weight is 338 g/mol. The van der Waals surface area contributed by atoms with Gasteiger partial charge < -0.3 is 5.32 Å². The Morgan fingerprint density at radius 3 is 2.68 bits per heavy atom. The van der Waals surface area contributed by atoms with Gasteiger partial charge in [-0.05, 0) is 72.0 Å². The lowest BCUT2D eigenvalue weighted by Crippen LogP contribution is -2.23. The van der Waals surface area contributed by atoms with Gasteiger partial charge in [0.15, 0.2) is 0 Å². The Balaban J connectivity index is 2.40. The van der Waals surface area contributed by atoms with Crippen LogP contribution in [0.15, 0.2) is 33.4 Å². The first-order chi connectivity index (χ1) is 9.13. The Hall–Kier alpha value is -0.640. The number of rotatable bonds is 5. The summed E-state index contributed by atoms with van der Waals surface area (Å²) in [6.45, 7) is 7.58. The Labute approximate surface area is 128 Å². The number of halogens is 1. The van der Waals surface area contributed by atoms with E-state index in [1.807, 2.05) is 0 Å². The van der Waals surface area contributed by atoms with E-state index in [2.05, 4.69) is 71.0 Å². The Morgan fingerprint density at radius 1 is 1.26 bits per heavy atom. The van der Waals surface area contributed by atoms with Crippen molar-refractivity contribution in [3.8, 4) is 0 Å². The predicted octanol–water partition coefficient (Wildman–Crippen LogP) is 5.22. The van der Waals surface area contributed by atoms with Crippen molar-refractivity contribution >= 4 is 27.3 Å². The van der Waals surface area contributed by atoms with Crippen LogP contribution in [0.4, 0.5) is 0 Å². The molecule has 0 aliphatic heterocycles. The van der Waals surface area contributed by atoms with Crippen molar-refractivity contribution in [2.75, 3.05) is 6.54 Å². The molecule has 0 fully saturated rings. The van der Waals surface area contributed by atoms with E-state index in [0.29, 0.717) is 6.04 Å². The molecule has 102 valence electrons. The molecule has 0 aliphatic rings. The molecule has 2 rings (SSSR count). The molecule has 3 heteroatoms. The standard InChI is InChI=1S/C16H20BrNS/c1-4-6-18-16(13-5-7-19-10-13)14-8-12(3)15(17)9-11(14)2/h5,7-10,16,18H,4,6H2,1-3H3. The monoisotopic (exact) mass is 337 g/mol. The zero-order chi connectivity index (χ0) is 13.8. The molecule has 1 atom stereocenters. The molecule has 0 saturated carbocycles. The van der Waals surface area contributed by atoms with Gasteiger partial charge >= 0.3 is 0 Å². The molecule has 2 aromatic rings. The number of aryl methyl sites for hydroxylation is 2. The summed E-state index contributed by atoms with van der Waals surface area (Å²) in [6, 6.07) is 7.04. The third-order valence-corrected chi connectivity index (χ3v) is 4.89. The summed E-state index contributed by atoms with van der Waals surface area (Å²) < 4.78 is 1.19. The molecule has 0 amide bonds. The van der Waals surface area contributed by atoms with Crippen LogP contribution >= 0.6 is 27.3 Å². The summed E-state index contributed by atoms with van der Waals surface area (Å²) in [5.74, 6) is 0. The van der Waals surface area contributed by atoms with Crippen LogP contribution in [0.2, 0.25) is 0 Å². The second kappa shape index (κ2) is 6.69. The number of nitrogens with one attached hydrogen (secondary N) is 1. The fraction of sp³-hybridized carbons (Fsp3) is 0.375. The van der Waals surface area contributed by atoms with Crippen LogP contribution in [0.5, 0.6) is 0 Å². The molecule has 1 unspecified atom stereocenters. The van der Waals surface area contributed by atoms with E-state index >= 15 is 0 Å². The molecule has 1 nitrogen and oxygen atoms in total. The van der Waals surface area contributed by atoms with Crippen molar-refractivity contribution < 1.29 is 0 Å². The van der Waals surface area contributed by atoms with Crippen LogP contribution < -0.4 is 5.32 Å². The first-order valence-electron chi connectivity index (χ1n) is 6.65. The third-order valence-electron chi connectivity index (χ3n) is 3.33. The lowest BCUT2D eigenvalue weighted by Gasteiger charge is -2.21. The van der Waals surface area contributed by atoms with E-state index in [9.17, 15) is 0 Å². The van der Waals surface area contributed by atoms with Crippen molar-refractivity contribution in [3.63, 3.8) is 0 Å². The van der Waals surface area contributed by atoms with Crippen LogP contribution in [0.25, 0.3) is 0 Å². The highest BCUT2D eigenvalue weighted by Gasteiger charge is 2.16. The normalized spacial score (nSPS) is 12.6. The summed E-state index contributed by atoms with van der Waals surface area (Å²) in [5, 5.41) is 8.06. The summed E-state index contributed by atoms with van der Waals surface area (Å²) in [7, 11) is 0. The molecular formula is C16H20BrNS. The fourth-order valence-electron chi connectivity index (χ4n) is 2.25. The van der Waals surface area contributed by atoms with Crippen molar-refractivity contribution in [3.05, 3.63) is 55.7 Å². The van der Waals surface area contributed by atoms with Crippen molar-refractivity contribution in [1.29, 1.82) is 0 Å². The van der Waals surface area contributed by atoms with Gasteiger partial charge in [0.25, 0.3) is 0 Å². The van der Waals surface area contributed by atoms with E-state index in [1.165, 1.54) is 26.7 Å². The molecule has 1 aromatic carbocycles. The highest BCUT2D eigenvalue weighted by atomic mass is 79.9. The maximum atomic E-state index is 3.67. The topological polar surface area (TPSA) is 12.0 Å². The summed E-state index contributed by atoms with van der Waals surface area (Å²) in [6.07, 6.45) is 1.15. The average Bonchev–Trinajstić information content (AvgIpc) is 2.89. The molecule has 0 bridgehead atoms. The maximum absolute atomic E-state index is 3.67. The van der Waals surface area contributed by atoms with Crippen molar-refractivity contribution in [2.24, 2.45) is 0 Å². The Morgan fingerprint density at radius 2 is 2.05 bits per heavy atom. The highest BCUT2D eigenvalue weighted by Crippen LogP contribution is 2.30. The number of hydrogen-bond donors (Lipinski definition) is 1. The zero-order valence-corrected chi connectivity index (χ0v) is 14.1. The number of benzene rings is 1. The van der Waals surface area contributed by atoms with Gasteiger partial charge in [-0.1, -0.05) is 28.9 Å². The third kappa shape index (κ3) is 3.47. The minimum absolute atomic E-state index is 0.304. The van der Waals surface area contributed by atoms with Crippen LogP contribution in [-0.2, 0) is 0 Å². The van der Waals surface area contributed by atoms with Crippen molar-refractivity contribution in [1.82, 2.24) is 5.32 Å². The van der Waals surface area contributed by atoms with Gasteiger partial charge in [-0.3, -0.25) is 0 Å². The van der Waals surface area contributed by atoms with Gasteiger partial charge in [0.2, 0.25) is 0 Å². The second-order valence-electron chi connectivity index (χ2n) is 4.90. The second-order valence-corrected chi connectivity index (χ2v) is 6.54. The van der Waals surface area contributed by atoms with E-state index in [1.54, 1.807) is 11.3 Å². The molecule has 0 spiro atoms. The minimum atomic E-state index is 0.304. The highest BCUT2D eigenvalue weighted by molar-refractivity contribution is 9.10. The Kier molecular flexibility index (Phi) is 5.20. The van der Waals surface area contributed by atoms with E-state index in [4.69, 9.17) is 0 Å². The first kappa shape index (κ1) is 14.8. The van der Waals surface area contributed by atoms with Gasteiger partial charge in [0.1, 0.15) is 0 Å². The van der Waals surface area contributed by atoms with Crippen molar-refractivity contribution in [2.45, 2.75) is 33.2 Å². The Bertz CT molecular complexity index is 534. The van der Waals surface area contributed by atoms with Crippen LogP contribution in [0.3, 0.4) is 0 Å². The summed E-state index contributed by atoms with van der Waals surface area (Å²) >= 11 is 5.37. The van der Waals surface area contributed by atoms with Gasteiger partial charge in [-0.25, -0.2) is 0 Å². The molecule has 1 heterocycles. The maximum Gasteiger partial charge on any atom is 0.0587 e. The van der Waals surface area contributed by atoms with Gasteiger partial charge in [-0.2, -0.15) is 11.3 Å². The van der Waals surface area contributed by atoms with E-state index in [0.717, 1.165) is 13.0 Å². The summed E-state index contributed by atoms with van der Waals surface area (Å²) in [5.41, 5.74) is 5.37. The quantitative estimate of drug-likeness (QED) is 0.788. The molecule has 0 saturated heterocycles. The van der Waals surface area contributed by atoms with Gasteiger partial charge in [0, 0.05) is 4.47 Å². The van der Waals surface area contributed by atoms with Crippen LogP contribution in [0.1, 0.15) is 41.6 Å². The van der Waals surface area contributed by atoms with Crippen LogP contribution in [-0.4, -0.2) is 6.54 Å². The minimum Gasteiger partial charge on any atom is -0.306 e. The fourth-order valence-corrected chi connectivity index (χ4v) is 3.39. The number of hydrogen-bond acceptors (Lipinski definition) is 2. The zero-order valence-electron chi connectivity index (χ0n) is 11.7. The molecule has 1 N–H and O–H groups in total. The predicted molar refractivity (Wildman–Crippen MR) is 88.1 cm³/mol. The molecule has 0 radical (unpaired) electrons. The molecule has 0 aliphatic carbocycles. The largest absolute Gasteiger partial charge is 0.306 e. The van der Waals surface area contributed by atoms with E-state index in [-0.39, 0.29) is 0 Å². The van der Waals surface area contributed by atoms with Gasteiger partial charge in [-0.15, -0.1) is 0 Å². The smallest absolute Gasteiger partial charge is 0.0587 e.